The summed E-state index contributed by atoms with van der Waals surface area (Å²) >= 11 is 0. The molecule has 0 radical (unpaired) electrons. The second-order valence-electron chi connectivity index (χ2n) is 3.89. The summed E-state index contributed by atoms with van der Waals surface area (Å²) in [5, 5.41) is 3.34. The fourth-order valence-electron chi connectivity index (χ4n) is 1.22. The highest BCUT2D eigenvalue weighted by Gasteiger charge is 2.00. The van der Waals surface area contributed by atoms with Gasteiger partial charge in [0, 0.05) is 31.5 Å². The molecule has 0 fully saturated rings. The minimum atomic E-state index is 0.510. The van der Waals surface area contributed by atoms with E-state index in [1.165, 1.54) is 5.57 Å². The predicted octanol–water partition coefficient (Wildman–Crippen LogP) is 1.75. The number of imidazole rings is 1. The van der Waals surface area contributed by atoms with Crippen LogP contribution in [0.3, 0.4) is 0 Å². The first-order valence-electron chi connectivity index (χ1n) is 4.97. The van der Waals surface area contributed by atoms with E-state index in [1.807, 2.05) is 19.3 Å². The quantitative estimate of drug-likeness (QED) is 0.722. The maximum absolute atomic E-state index is 4.17. The van der Waals surface area contributed by atoms with Crippen molar-refractivity contribution in [1.29, 1.82) is 0 Å². The van der Waals surface area contributed by atoms with E-state index in [2.05, 4.69) is 35.3 Å². The van der Waals surface area contributed by atoms with E-state index in [0.717, 1.165) is 18.9 Å². The van der Waals surface area contributed by atoms with Crippen LogP contribution in [0.5, 0.6) is 0 Å². The topological polar surface area (TPSA) is 29.9 Å². The van der Waals surface area contributed by atoms with E-state index in [4.69, 9.17) is 0 Å². The molecule has 0 atom stereocenters. The summed E-state index contributed by atoms with van der Waals surface area (Å²) in [7, 11) is 0. The van der Waals surface area contributed by atoms with Gasteiger partial charge in [0.1, 0.15) is 5.82 Å². The molecule has 0 bridgehead atoms. The summed E-state index contributed by atoms with van der Waals surface area (Å²) in [6.07, 6.45) is 3.80. The van der Waals surface area contributed by atoms with Crippen molar-refractivity contribution in [3.05, 3.63) is 30.4 Å². The van der Waals surface area contributed by atoms with Crippen molar-refractivity contribution in [1.82, 2.24) is 14.9 Å². The van der Waals surface area contributed by atoms with Gasteiger partial charge < -0.3 is 9.88 Å². The lowest BCUT2D eigenvalue weighted by Gasteiger charge is -2.11. The normalized spacial score (nSPS) is 10.9. The zero-order valence-electron chi connectivity index (χ0n) is 9.25. The minimum absolute atomic E-state index is 0.510. The highest BCUT2D eigenvalue weighted by atomic mass is 15.1. The SMILES string of the molecule is C=C(CNC(C)C)Cn1ccnc1C. The number of nitrogens with one attached hydrogen (secondary N) is 1. The number of aromatic nitrogens is 2. The van der Waals surface area contributed by atoms with Gasteiger partial charge in [-0.3, -0.25) is 0 Å². The molecule has 0 amide bonds. The lowest BCUT2D eigenvalue weighted by Crippen LogP contribution is -2.25. The molecule has 0 saturated carbocycles. The van der Waals surface area contributed by atoms with Crippen LogP contribution in [0, 0.1) is 6.92 Å². The van der Waals surface area contributed by atoms with Crippen molar-refractivity contribution in [2.45, 2.75) is 33.4 Å². The molecule has 1 N–H and O–H groups in total. The molecule has 0 aromatic carbocycles. The van der Waals surface area contributed by atoms with Crippen LogP contribution in [0.1, 0.15) is 19.7 Å². The zero-order chi connectivity index (χ0) is 10.6. The molecule has 1 aromatic rings. The fourth-order valence-corrected chi connectivity index (χ4v) is 1.22. The second kappa shape index (κ2) is 4.96. The molecule has 14 heavy (non-hydrogen) atoms. The lowest BCUT2D eigenvalue weighted by atomic mass is 10.2. The van der Waals surface area contributed by atoms with Crippen molar-refractivity contribution in [3.63, 3.8) is 0 Å². The van der Waals surface area contributed by atoms with Crippen molar-refractivity contribution in [3.8, 4) is 0 Å². The van der Waals surface area contributed by atoms with Crippen LogP contribution >= 0.6 is 0 Å². The van der Waals surface area contributed by atoms with Gasteiger partial charge in [-0.05, 0) is 12.5 Å². The van der Waals surface area contributed by atoms with Crippen LogP contribution in [-0.2, 0) is 6.54 Å². The number of rotatable bonds is 5. The van der Waals surface area contributed by atoms with E-state index in [-0.39, 0.29) is 0 Å². The Bertz CT molecular complexity index is 299. The van der Waals surface area contributed by atoms with Gasteiger partial charge in [0.05, 0.1) is 0 Å². The lowest BCUT2D eigenvalue weighted by molar-refractivity contribution is 0.601. The highest BCUT2D eigenvalue weighted by molar-refractivity contribution is 5.01. The van der Waals surface area contributed by atoms with Crippen LogP contribution in [0.15, 0.2) is 24.5 Å². The molecule has 0 unspecified atom stereocenters. The molecule has 0 aliphatic heterocycles. The Labute approximate surface area is 85.8 Å². The Hall–Kier alpha value is -1.09. The zero-order valence-corrected chi connectivity index (χ0v) is 9.25. The number of nitrogens with zero attached hydrogens (tertiary/aromatic N) is 2. The van der Waals surface area contributed by atoms with Crippen molar-refractivity contribution in [2.75, 3.05) is 6.54 Å². The first-order chi connectivity index (χ1) is 6.59. The van der Waals surface area contributed by atoms with E-state index in [1.54, 1.807) is 0 Å². The second-order valence-corrected chi connectivity index (χ2v) is 3.89. The maximum Gasteiger partial charge on any atom is 0.105 e. The molecule has 0 saturated heterocycles. The van der Waals surface area contributed by atoms with Gasteiger partial charge in [-0.2, -0.15) is 0 Å². The summed E-state index contributed by atoms with van der Waals surface area (Å²) in [4.78, 5) is 4.17. The standard InChI is InChI=1S/C11H19N3/c1-9(2)13-7-10(3)8-14-6-5-12-11(14)4/h5-6,9,13H,3,7-8H2,1-2,4H3. The minimum Gasteiger partial charge on any atom is -0.331 e. The van der Waals surface area contributed by atoms with E-state index in [0.29, 0.717) is 6.04 Å². The molecule has 0 aliphatic carbocycles. The predicted molar refractivity (Wildman–Crippen MR) is 59.2 cm³/mol. The molecule has 78 valence electrons. The third-order valence-electron chi connectivity index (χ3n) is 2.08. The molecule has 1 rings (SSSR count). The summed E-state index contributed by atoms with van der Waals surface area (Å²) in [6.45, 7) is 12.0. The molecule has 3 nitrogen and oxygen atoms in total. The Morgan fingerprint density at radius 1 is 1.64 bits per heavy atom. The Balaban J connectivity index is 2.38. The van der Waals surface area contributed by atoms with Crippen LogP contribution in [0.4, 0.5) is 0 Å². The van der Waals surface area contributed by atoms with E-state index < -0.39 is 0 Å². The van der Waals surface area contributed by atoms with Crippen molar-refractivity contribution in [2.24, 2.45) is 0 Å². The van der Waals surface area contributed by atoms with Crippen molar-refractivity contribution < 1.29 is 0 Å². The van der Waals surface area contributed by atoms with Gasteiger partial charge >= 0.3 is 0 Å². The largest absolute Gasteiger partial charge is 0.331 e. The number of hydrogen-bond donors (Lipinski definition) is 1. The van der Waals surface area contributed by atoms with E-state index in [9.17, 15) is 0 Å². The monoisotopic (exact) mass is 193 g/mol. The van der Waals surface area contributed by atoms with Gasteiger partial charge in [-0.25, -0.2) is 4.98 Å². The fraction of sp³-hybridized carbons (Fsp3) is 0.545. The number of aryl methyl sites for hydroxylation is 1. The van der Waals surface area contributed by atoms with Gasteiger partial charge in [0.25, 0.3) is 0 Å². The maximum atomic E-state index is 4.17. The summed E-state index contributed by atoms with van der Waals surface area (Å²) in [5.74, 6) is 1.04. The molecular weight excluding hydrogens is 174 g/mol. The van der Waals surface area contributed by atoms with Gasteiger partial charge in [-0.15, -0.1) is 0 Å². The van der Waals surface area contributed by atoms with Gasteiger partial charge in [0.2, 0.25) is 0 Å². The molecule has 0 spiro atoms. The highest BCUT2D eigenvalue weighted by Crippen LogP contribution is 2.00. The first kappa shape index (κ1) is 11.0. The Morgan fingerprint density at radius 2 is 2.36 bits per heavy atom. The Kier molecular flexibility index (Phi) is 3.89. The number of hydrogen-bond acceptors (Lipinski definition) is 2. The van der Waals surface area contributed by atoms with Crippen LogP contribution < -0.4 is 5.32 Å². The molecule has 3 heteroatoms. The summed E-state index contributed by atoms with van der Waals surface area (Å²) < 4.78 is 2.10. The molecule has 1 heterocycles. The molecule has 0 aliphatic rings. The van der Waals surface area contributed by atoms with Gasteiger partial charge in [0.15, 0.2) is 0 Å². The Morgan fingerprint density at radius 3 is 2.86 bits per heavy atom. The molecular formula is C11H19N3. The van der Waals surface area contributed by atoms with Crippen molar-refractivity contribution >= 4 is 0 Å². The smallest absolute Gasteiger partial charge is 0.105 e. The summed E-state index contributed by atoms with van der Waals surface area (Å²) in [6, 6.07) is 0.510. The average Bonchev–Trinajstić information content (AvgIpc) is 2.49. The third kappa shape index (κ3) is 3.34. The first-order valence-corrected chi connectivity index (χ1v) is 4.97. The average molecular weight is 193 g/mol. The summed E-state index contributed by atoms with van der Waals surface area (Å²) in [5.41, 5.74) is 1.18. The van der Waals surface area contributed by atoms with Crippen LogP contribution in [0.2, 0.25) is 0 Å². The van der Waals surface area contributed by atoms with Crippen LogP contribution in [-0.4, -0.2) is 22.1 Å². The third-order valence-corrected chi connectivity index (χ3v) is 2.08. The van der Waals surface area contributed by atoms with Crippen LogP contribution in [0.25, 0.3) is 0 Å². The van der Waals surface area contributed by atoms with E-state index >= 15 is 0 Å². The molecule has 1 aromatic heterocycles. The van der Waals surface area contributed by atoms with Gasteiger partial charge in [-0.1, -0.05) is 20.4 Å².